The molecule has 0 saturated heterocycles. The van der Waals surface area contributed by atoms with E-state index in [4.69, 9.17) is 21.1 Å². The average molecular weight is 326 g/mol. The third kappa shape index (κ3) is 3.51. The molecule has 5 heteroatoms. The number of nitrogens with one attached hydrogen (secondary N) is 1. The Morgan fingerprint density at radius 2 is 1.86 bits per heavy atom. The zero-order valence-corrected chi connectivity index (χ0v) is 14.3. The highest BCUT2D eigenvalue weighted by atomic mass is 35.5. The summed E-state index contributed by atoms with van der Waals surface area (Å²) in [5, 5.41) is 3.51. The molecule has 21 heavy (non-hydrogen) atoms. The molecule has 1 atom stereocenters. The van der Waals surface area contributed by atoms with Crippen LogP contribution in [0.4, 0.5) is 0 Å². The van der Waals surface area contributed by atoms with Crippen LogP contribution in [-0.2, 0) is 0 Å². The number of ether oxygens (including phenoxy) is 2. The van der Waals surface area contributed by atoms with E-state index in [9.17, 15) is 0 Å². The number of benzene rings is 1. The number of halogens is 1. The molecular weight excluding hydrogens is 306 g/mol. The zero-order chi connectivity index (χ0) is 15.4. The van der Waals surface area contributed by atoms with Gasteiger partial charge in [-0.05, 0) is 48.9 Å². The van der Waals surface area contributed by atoms with E-state index in [1.165, 1.54) is 10.4 Å². The number of hydrogen-bond acceptors (Lipinski definition) is 4. The molecular formula is C16H20ClNO2S. The van der Waals surface area contributed by atoms with Crippen molar-refractivity contribution in [1.82, 2.24) is 5.32 Å². The van der Waals surface area contributed by atoms with Crippen LogP contribution >= 0.6 is 22.9 Å². The molecule has 0 spiro atoms. The van der Waals surface area contributed by atoms with Crippen molar-refractivity contribution >= 4 is 22.9 Å². The second-order valence-corrected chi connectivity index (χ2v) is 6.44. The minimum atomic E-state index is 0.104. The summed E-state index contributed by atoms with van der Waals surface area (Å²) in [4.78, 5) is 1.19. The Labute approximate surface area is 134 Å². The summed E-state index contributed by atoms with van der Waals surface area (Å²) in [5.74, 6) is 1.49. The van der Waals surface area contributed by atoms with Gasteiger partial charge in [0.25, 0.3) is 0 Å². The highest BCUT2D eigenvalue weighted by Gasteiger charge is 2.19. The van der Waals surface area contributed by atoms with Crippen LogP contribution in [0.2, 0.25) is 4.34 Å². The third-order valence-corrected chi connectivity index (χ3v) is 4.67. The highest BCUT2D eigenvalue weighted by molar-refractivity contribution is 7.16. The maximum absolute atomic E-state index is 6.08. The Balaban J connectivity index is 2.49. The minimum Gasteiger partial charge on any atom is -0.493 e. The fraction of sp³-hybridized carbons (Fsp3) is 0.375. The summed E-state index contributed by atoms with van der Waals surface area (Å²) in [6.45, 7) is 5.04. The number of thiophene rings is 1. The molecule has 1 unspecified atom stereocenters. The predicted molar refractivity (Wildman–Crippen MR) is 89.1 cm³/mol. The van der Waals surface area contributed by atoms with E-state index in [1.807, 2.05) is 18.2 Å². The van der Waals surface area contributed by atoms with Crippen molar-refractivity contribution in [3.8, 4) is 11.5 Å². The first-order valence-corrected chi connectivity index (χ1v) is 8.01. The molecule has 1 N–H and O–H groups in total. The highest BCUT2D eigenvalue weighted by Crippen LogP contribution is 2.37. The summed E-state index contributed by atoms with van der Waals surface area (Å²) >= 11 is 7.68. The van der Waals surface area contributed by atoms with Crippen LogP contribution in [0.1, 0.15) is 29.0 Å². The number of methoxy groups -OCH3 is 2. The Bertz CT molecular complexity index is 612. The molecule has 0 aliphatic rings. The fourth-order valence-electron chi connectivity index (χ4n) is 2.36. The Hall–Kier alpha value is -1.23. The van der Waals surface area contributed by atoms with E-state index in [-0.39, 0.29) is 6.04 Å². The summed E-state index contributed by atoms with van der Waals surface area (Å²) in [6.07, 6.45) is 0. The Morgan fingerprint density at radius 1 is 1.19 bits per heavy atom. The van der Waals surface area contributed by atoms with Gasteiger partial charge in [0.15, 0.2) is 11.5 Å². The lowest BCUT2D eigenvalue weighted by Crippen LogP contribution is -2.22. The van der Waals surface area contributed by atoms with Gasteiger partial charge in [0.1, 0.15) is 0 Å². The van der Waals surface area contributed by atoms with E-state index < -0.39 is 0 Å². The van der Waals surface area contributed by atoms with Crippen LogP contribution < -0.4 is 14.8 Å². The number of hydrogen-bond donors (Lipinski definition) is 1. The Morgan fingerprint density at radius 3 is 2.38 bits per heavy atom. The molecule has 1 heterocycles. The van der Waals surface area contributed by atoms with E-state index in [2.05, 4.69) is 25.2 Å². The first-order valence-electron chi connectivity index (χ1n) is 6.81. The first kappa shape index (κ1) is 16.1. The topological polar surface area (TPSA) is 30.5 Å². The van der Waals surface area contributed by atoms with Gasteiger partial charge in [0.2, 0.25) is 0 Å². The van der Waals surface area contributed by atoms with Gasteiger partial charge in [0, 0.05) is 4.88 Å². The minimum absolute atomic E-state index is 0.104. The molecule has 1 aromatic carbocycles. The molecule has 0 saturated carbocycles. The van der Waals surface area contributed by atoms with Crippen LogP contribution in [0.15, 0.2) is 24.3 Å². The summed E-state index contributed by atoms with van der Waals surface area (Å²) in [7, 11) is 3.30. The SMILES string of the molecule is CCNC(c1ccc(Cl)s1)c1cc(OC)c(OC)cc1C. The molecule has 2 aromatic rings. The lowest BCUT2D eigenvalue weighted by Gasteiger charge is -2.21. The van der Waals surface area contributed by atoms with Gasteiger partial charge in [-0.2, -0.15) is 0 Å². The average Bonchev–Trinajstić information content (AvgIpc) is 2.91. The van der Waals surface area contributed by atoms with E-state index >= 15 is 0 Å². The molecule has 0 bridgehead atoms. The maximum Gasteiger partial charge on any atom is 0.161 e. The molecule has 3 nitrogen and oxygen atoms in total. The number of aryl methyl sites for hydroxylation is 1. The van der Waals surface area contributed by atoms with Gasteiger partial charge in [-0.3, -0.25) is 0 Å². The van der Waals surface area contributed by atoms with Crippen molar-refractivity contribution in [2.45, 2.75) is 19.9 Å². The normalized spacial score (nSPS) is 12.2. The molecule has 0 fully saturated rings. The summed E-state index contributed by atoms with van der Waals surface area (Å²) in [5.41, 5.74) is 2.33. The van der Waals surface area contributed by atoms with Crippen LogP contribution in [0.25, 0.3) is 0 Å². The second kappa shape index (κ2) is 7.16. The third-order valence-electron chi connectivity index (χ3n) is 3.37. The van der Waals surface area contributed by atoms with Crippen molar-refractivity contribution in [3.63, 3.8) is 0 Å². The van der Waals surface area contributed by atoms with Crippen molar-refractivity contribution in [1.29, 1.82) is 0 Å². The zero-order valence-electron chi connectivity index (χ0n) is 12.7. The van der Waals surface area contributed by atoms with Crippen molar-refractivity contribution in [2.24, 2.45) is 0 Å². The fourth-order valence-corrected chi connectivity index (χ4v) is 3.51. The lowest BCUT2D eigenvalue weighted by atomic mass is 9.99. The summed E-state index contributed by atoms with van der Waals surface area (Å²) in [6, 6.07) is 8.15. The van der Waals surface area contributed by atoms with Crippen LogP contribution in [0.5, 0.6) is 11.5 Å². The molecule has 0 aliphatic carbocycles. The van der Waals surface area contributed by atoms with Crippen LogP contribution in [-0.4, -0.2) is 20.8 Å². The van der Waals surface area contributed by atoms with Crippen molar-refractivity contribution in [3.05, 3.63) is 44.6 Å². The molecule has 0 aliphatic heterocycles. The monoisotopic (exact) mass is 325 g/mol. The van der Waals surface area contributed by atoms with Crippen molar-refractivity contribution < 1.29 is 9.47 Å². The van der Waals surface area contributed by atoms with Gasteiger partial charge in [-0.1, -0.05) is 18.5 Å². The van der Waals surface area contributed by atoms with Gasteiger partial charge < -0.3 is 14.8 Å². The first-order chi connectivity index (χ1) is 10.1. The standard InChI is InChI=1S/C16H20ClNO2S/c1-5-18-16(14-6-7-15(17)21-14)11-9-13(20-4)12(19-3)8-10(11)2/h6-9,16,18H,5H2,1-4H3. The molecule has 0 amide bonds. The quantitative estimate of drug-likeness (QED) is 0.852. The molecule has 114 valence electrons. The van der Waals surface area contributed by atoms with Gasteiger partial charge in [0.05, 0.1) is 24.6 Å². The molecule has 0 radical (unpaired) electrons. The molecule has 2 rings (SSSR count). The number of rotatable bonds is 6. The second-order valence-electron chi connectivity index (χ2n) is 4.70. The van der Waals surface area contributed by atoms with E-state index in [0.29, 0.717) is 0 Å². The van der Waals surface area contributed by atoms with Crippen LogP contribution in [0.3, 0.4) is 0 Å². The van der Waals surface area contributed by atoms with Gasteiger partial charge in [-0.15, -0.1) is 11.3 Å². The van der Waals surface area contributed by atoms with Gasteiger partial charge >= 0.3 is 0 Å². The smallest absolute Gasteiger partial charge is 0.161 e. The molecule has 1 aromatic heterocycles. The lowest BCUT2D eigenvalue weighted by molar-refractivity contribution is 0.354. The van der Waals surface area contributed by atoms with Gasteiger partial charge in [-0.25, -0.2) is 0 Å². The predicted octanol–water partition coefficient (Wildman–Crippen LogP) is 4.43. The Kier molecular flexibility index (Phi) is 5.51. The van der Waals surface area contributed by atoms with Crippen LogP contribution in [0, 0.1) is 6.92 Å². The maximum atomic E-state index is 6.08. The van der Waals surface area contributed by atoms with E-state index in [0.717, 1.165) is 27.9 Å². The largest absolute Gasteiger partial charge is 0.493 e. The van der Waals surface area contributed by atoms with Crippen molar-refractivity contribution in [2.75, 3.05) is 20.8 Å². The summed E-state index contributed by atoms with van der Waals surface area (Å²) < 4.78 is 11.6. The van der Waals surface area contributed by atoms with E-state index in [1.54, 1.807) is 25.6 Å².